The molecular formula is C27H29FN6O4. The molecule has 11 heteroatoms. The number of ether oxygens (including phenoxy) is 1. The van der Waals surface area contributed by atoms with E-state index >= 15 is 0 Å². The highest BCUT2D eigenvalue weighted by Crippen LogP contribution is 2.28. The Morgan fingerprint density at radius 2 is 1.92 bits per heavy atom. The molecule has 0 bridgehead atoms. The molecule has 4 N–H and O–H groups in total. The molecule has 4 rings (SSSR count). The van der Waals surface area contributed by atoms with Crippen molar-refractivity contribution in [3.8, 4) is 17.2 Å². The summed E-state index contributed by atoms with van der Waals surface area (Å²) in [6.45, 7) is 4.15. The maximum atomic E-state index is 14.9. The van der Waals surface area contributed by atoms with Crippen LogP contribution in [-0.4, -0.2) is 44.7 Å². The van der Waals surface area contributed by atoms with E-state index in [1.165, 1.54) is 23.0 Å². The molecule has 2 aromatic heterocycles. The molecule has 1 amide bonds. The largest absolute Gasteiger partial charge is 0.454 e. The van der Waals surface area contributed by atoms with Gasteiger partial charge in [0.1, 0.15) is 17.1 Å². The lowest BCUT2D eigenvalue weighted by Gasteiger charge is -2.11. The van der Waals surface area contributed by atoms with Crippen LogP contribution in [0.15, 0.2) is 71.7 Å². The van der Waals surface area contributed by atoms with Crippen molar-refractivity contribution >= 4 is 17.4 Å². The van der Waals surface area contributed by atoms with Crippen LogP contribution < -0.4 is 26.2 Å². The molecule has 0 aliphatic rings. The summed E-state index contributed by atoms with van der Waals surface area (Å²) in [6, 6.07) is 16.2. The van der Waals surface area contributed by atoms with Crippen molar-refractivity contribution in [2.75, 3.05) is 23.8 Å². The Labute approximate surface area is 218 Å². The van der Waals surface area contributed by atoms with Crippen LogP contribution in [0.2, 0.25) is 0 Å². The second-order valence-corrected chi connectivity index (χ2v) is 8.67. The topological polar surface area (TPSA) is 122 Å². The Morgan fingerprint density at radius 1 is 1.16 bits per heavy atom. The van der Waals surface area contributed by atoms with Crippen LogP contribution in [0.1, 0.15) is 23.0 Å². The van der Waals surface area contributed by atoms with E-state index in [0.29, 0.717) is 36.2 Å². The maximum absolute atomic E-state index is 14.9. The number of aromatic nitrogens is 3. The SMILES string of the molecule is Cc1c(C(=O)Nc2ccc(Oc3ccnc(NCNCC(C)O)c3)c(F)c2)c(=O)n(-c2ccccc2)n1C. The smallest absolute Gasteiger partial charge is 0.284 e. The van der Waals surface area contributed by atoms with Crippen LogP contribution in [0, 0.1) is 12.7 Å². The summed E-state index contributed by atoms with van der Waals surface area (Å²) in [5, 5.41) is 17.9. The number of nitrogens with one attached hydrogen (secondary N) is 3. The third kappa shape index (κ3) is 6.07. The van der Waals surface area contributed by atoms with E-state index in [2.05, 4.69) is 20.9 Å². The number of anilines is 2. The number of hydrogen-bond donors (Lipinski definition) is 4. The zero-order valence-electron chi connectivity index (χ0n) is 21.2. The van der Waals surface area contributed by atoms with Gasteiger partial charge in [-0.05, 0) is 44.2 Å². The number of benzene rings is 2. The molecule has 198 valence electrons. The van der Waals surface area contributed by atoms with Crippen LogP contribution in [0.25, 0.3) is 5.69 Å². The molecule has 0 spiro atoms. The standard InChI is InChI=1S/C27H29FN6O4/c1-17(35)15-29-16-31-24-14-21(11-12-30-24)38-23-10-9-19(13-22(23)28)32-26(36)25-18(2)33(3)34(27(25)37)20-7-5-4-6-8-20/h4-14,17,29,35H,15-16H2,1-3H3,(H,30,31)(H,32,36). The van der Waals surface area contributed by atoms with Gasteiger partial charge in [-0.3, -0.25) is 19.6 Å². The first-order chi connectivity index (χ1) is 18.2. The first kappa shape index (κ1) is 26.6. The lowest BCUT2D eigenvalue weighted by Crippen LogP contribution is -2.29. The van der Waals surface area contributed by atoms with Crippen molar-refractivity contribution in [1.29, 1.82) is 0 Å². The van der Waals surface area contributed by atoms with Crippen LogP contribution in [0.4, 0.5) is 15.9 Å². The van der Waals surface area contributed by atoms with E-state index in [0.717, 1.165) is 6.07 Å². The van der Waals surface area contributed by atoms with Crippen molar-refractivity contribution in [3.05, 3.63) is 94.3 Å². The molecule has 4 aromatic rings. The van der Waals surface area contributed by atoms with E-state index in [1.807, 2.05) is 6.07 Å². The summed E-state index contributed by atoms with van der Waals surface area (Å²) >= 11 is 0. The second kappa shape index (κ2) is 11.7. The fourth-order valence-corrected chi connectivity index (χ4v) is 3.82. The van der Waals surface area contributed by atoms with Gasteiger partial charge in [0.2, 0.25) is 0 Å². The molecular weight excluding hydrogens is 491 g/mol. The summed E-state index contributed by atoms with van der Waals surface area (Å²) in [6.07, 6.45) is 1.04. The molecule has 0 aliphatic heterocycles. The van der Waals surface area contributed by atoms with Crippen molar-refractivity contribution in [1.82, 2.24) is 19.7 Å². The molecule has 0 aliphatic carbocycles. The Balaban J connectivity index is 1.45. The predicted octanol–water partition coefficient (Wildman–Crippen LogP) is 3.40. The summed E-state index contributed by atoms with van der Waals surface area (Å²) < 4.78 is 23.5. The monoisotopic (exact) mass is 520 g/mol. The minimum Gasteiger partial charge on any atom is -0.454 e. The molecule has 1 atom stereocenters. The highest BCUT2D eigenvalue weighted by atomic mass is 19.1. The lowest BCUT2D eigenvalue weighted by atomic mass is 10.2. The quantitative estimate of drug-likeness (QED) is 0.187. The second-order valence-electron chi connectivity index (χ2n) is 8.67. The number of pyridine rings is 1. The molecule has 1 unspecified atom stereocenters. The van der Waals surface area contributed by atoms with Crippen LogP contribution in [-0.2, 0) is 7.05 Å². The number of amides is 1. The third-order valence-corrected chi connectivity index (χ3v) is 5.76. The Hall–Kier alpha value is -4.48. The van der Waals surface area contributed by atoms with Gasteiger partial charge in [0, 0.05) is 37.6 Å². The lowest BCUT2D eigenvalue weighted by molar-refractivity contribution is 0.102. The van der Waals surface area contributed by atoms with Crippen molar-refractivity contribution < 1.29 is 19.0 Å². The highest BCUT2D eigenvalue weighted by molar-refractivity contribution is 6.05. The van der Waals surface area contributed by atoms with Gasteiger partial charge in [-0.1, -0.05) is 18.2 Å². The van der Waals surface area contributed by atoms with Gasteiger partial charge in [-0.25, -0.2) is 14.1 Å². The van der Waals surface area contributed by atoms with Gasteiger partial charge >= 0.3 is 0 Å². The summed E-state index contributed by atoms with van der Waals surface area (Å²) in [7, 11) is 1.69. The molecule has 38 heavy (non-hydrogen) atoms. The van der Waals surface area contributed by atoms with Gasteiger partial charge in [-0.15, -0.1) is 0 Å². The minimum atomic E-state index is -0.695. The van der Waals surface area contributed by atoms with Crippen molar-refractivity contribution in [3.63, 3.8) is 0 Å². The van der Waals surface area contributed by atoms with Crippen LogP contribution >= 0.6 is 0 Å². The average molecular weight is 521 g/mol. The average Bonchev–Trinajstić information content (AvgIpc) is 3.11. The number of rotatable bonds is 10. The molecule has 2 aromatic carbocycles. The maximum Gasteiger partial charge on any atom is 0.284 e. The summed E-state index contributed by atoms with van der Waals surface area (Å²) in [5.41, 5.74) is 0.768. The zero-order chi connectivity index (χ0) is 27.2. The van der Waals surface area contributed by atoms with E-state index in [1.54, 1.807) is 62.0 Å². The van der Waals surface area contributed by atoms with Crippen LogP contribution in [0.5, 0.6) is 11.5 Å². The fourth-order valence-electron chi connectivity index (χ4n) is 3.82. The number of halogens is 1. The van der Waals surface area contributed by atoms with E-state index in [9.17, 15) is 19.1 Å². The summed E-state index contributed by atoms with van der Waals surface area (Å²) in [4.78, 5) is 30.2. The van der Waals surface area contributed by atoms with Gasteiger partial charge in [-0.2, -0.15) is 0 Å². The Morgan fingerprint density at radius 3 is 2.63 bits per heavy atom. The normalized spacial score (nSPS) is 11.7. The fraction of sp³-hybridized carbons (Fsp3) is 0.222. The minimum absolute atomic E-state index is 0.0307. The molecule has 0 radical (unpaired) electrons. The van der Waals surface area contributed by atoms with Gasteiger partial charge in [0.25, 0.3) is 11.5 Å². The first-order valence-corrected chi connectivity index (χ1v) is 12.0. The molecule has 0 fully saturated rings. The van der Waals surface area contributed by atoms with Crippen LogP contribution in [0.3, 0.4) is 0 Å². The number of para-hydroxylation sites is 1. The van der Waals surface area contributed by atoms with E-state index in [-0.39, 0.29) is 17.0 Å². The number of carbonyl (C=O) groups is 1. The molecule has 0 saturated heterocycles. The number of aliphatic hydroxyl groups is 1. The van der Waals surface area contributed by atoms with Gasteiger partial charge in [0.15, 0.2) is 11.6 Å². The Kier molecular flexibility index (Phi) is 8.19. The van der Waals surface area contributed by atoms with E-state index in [4.69, 9.17) is 4.74 Å². The highest BCUT2D eigenvalue weighted by Gasteiger charge is 2.22. The predicted molar refractivity (Wildman–Crippen MR) is 143 cm³/mol. The third-order valence-electron chi connectivity index (χ3n) is 5.76. The molecule has 10 nitrogen and oxygen atoms in total. The van der Waals surface area contributed by atoms with E-state index < -0.39 is 23.4 Å². The zero-order valence-corrected chi connectivity index (χ0v) is 21.2. The molecule has 0 saturated carbocycles. The Bertz CT molecular complexity index is 1480. The number of nitrogens with zero attached hydrogens (tertiary/aromatic N) is 3. The van der Waals surface area contributed by atoms with Gasteiger partial charge in [0.05, 0.1) is 24.2 Å². The molecule has 2 heterocycles. The van der Waals surface area contributed by atoms with Crippen molar-refractivity contribution in [2.24, 2.45) is 7.05 Å². The number of aliphatic hydroxyl groups excluding tert-OH is 1. The van der Waals surface area contributed by atoms with Crippen molar-refractivity contribution in [2.45, 2.75) is 20.0 Å². The summed E-state index contributed by atoms with van der Waals surface area (Å²) in [5.74, 6) is -0.520. The number of hydrogen-bond acceptors (Lipinski definition) is 7. The number of carbonyl (C=O) groups excluding carboxylic acids is 1. The first-order valence-electron chi connectivity index (χ1n) is 12.0. The van der Waals surface area contributed by atoms with Gasteiger partial charge < -0.3 is 20.5 Å².